The summed E-state index contributed by atoms with van der Waals surface area (Å²) < 4.78 is 9.84. The highest BCUT2D eigenvalue weighted by Gasteiger charge is 2.32. The van der Waals surface area contributed by atoms with Gasteiger partial charge in [0.2, 0.25) is 5.91 Å². The Morgan fingerprint density at radius 3 is 2.20 bits per heavy atom. The number of thiophene rings is 1. The number of benzene rings is 3. The molecule has 1 aliphatic carbocycles. The molecule has 3 aromatic carbocycles. The van der Waals surface area contributed by atoms with E-state index in [-0.39, 0.29) is 48.5 Å². The van der Waals surface area contributed by atoms with Gasteiger partial charge in [0.05, 0.1) is 31.3 Å². The van der Waals surface area contributed by atoms with Crippen LogP contribution in [-0.2, 0) is 51.3 Å². The Morgan fingerprint density at radius 2 is 1.51 bits per heavy atom. The molecule has 1 atom stereocenters. The number of hydrogen-bond acceptors (Lipinski definition) is 9. The first-order valence-corrected chi connectivity index (χ1v) is 22.7. The lowest BCUT2D eigenvalue weighted by molar-refractivity contribution is -0.146. The normalized spacial score (nSPS) is 14.8. The van der Waals surface area contributed by atoms with Crippen molar-refractivity contribution in [3.63, 3.8) is 0 Å². The van der Waals surface area contributed by atoms with Gasteiger partial charge in [-0.1, -0.05) is 50.2 Å². The molecule has 1 aliphatic heterocycles. The van der Waals surface area contributed by atoms with Crippen molar-refractivity contribution in [3.8, 4) is 0 Å². The molecule has 0 bridgehead atoms. The maximum absolute atomic E-state index is 14.0. The fourth-order valence-corrected chi connectivity index (χ4v) is 9.92. The van der Waals surface area contributed by atoms with Crippen LogP contribution in [0.5, 0.6) is 0 Å². The second-order valence-electron chi connectivity index (χ2n) is 16.0. The zero-order valence-corrected chi connectivity index (χ0v) is 36.9. The van der Waals surface area contributed by atoms with Gasteiger partial charge < -0.3 is 25.0 Å². The molecule has 11 nitrogen and oxygen atoms in total. The summed E-state index contributed by atoms with van der Waals surface area (Å²) in [4.78, 5) is 70.5. The highest BCUT2D eigenvalue weighted by atomic mass is 32.1. The van der Waals surface area contributed by atoms with Crippen LogP contribution in [0, 0.1) is 0 Å². The van der Waals surface area contributed by atoms with E-state index in [0.29, 0.717) is 59.7 Å². The lowest BCUT2D eigenvalue weighted by Crippen LogP contribution is -2.46. The lowest BCUT2D eigenvalue weighted by Gasteiger charge is -2.35. The summed E-state index contributed by atoms with van der Waals surface area (Å²) in [6.07, 6.45) is 9.32. The van der Waals surface area contributed by atoms with Crippen molar-refractivity contribution in [1.29, 1.82) is 0 Å². The predicted octanol–water partition coefficient (Wildman–Crippen LogP) is 9.03. The van der Waals surface area contributed by atoms with Gasteiger partial charge in [-0.3, -0.25) is 24.1 Å². The van der Waals surface area contributed by atoms with E-state index in [4.69, 9.17) is 9.47 Å². The van der Waals surface area contributed by atoms with Crippen molar-refractivity contribution >= 4 is 51.7 Å². The topological polar surface area (TPSA) is 134 Å². The number of rotatable bonds is 19. The summed E-state index contributed by atoms with van der Waals surface area (Å²) in [7, 11) is 1.37. The number of hydrogen-bond donors (Lipinski definition) is 2. The molecule has 1 aromatic heterocycles. The van der Waals surface area contributed by atoms with Crippen LogP contribution in [0.2, 0.25) is 0 Å². The number of methoxy groups -OCH3 is 1. The van der Waals surface area contributed by atoms with E-state index in [1.54, 1.807) is 19.1 Å². The molecular formula is C49H60N4O7S. The van der Waals surface area contributed by atoms with Crippen molar-refractivity contribution < 1.29 is 33.4 Å². The third kappa shape index (κ3) is 11.9. The van der Waals surface area contributed by atoms with E-state index in [0.717, 1.165) is 91.3 Å². The Balaban J connectivity index is 1.11. The summed E-state index contributed by atoms with van der Waals surface area (Å²) in [6, 6.07) is 23.3. The maximum Gasteiger partial charge on any atom is 0.337 e. The molecule has 61 heavy (non-hydrogen) atoms. The van der Waals surface area contributed by atoms with E-state index >= 15 is 0 Å². The van der Waals surface area contributed by atoms with Gasteiger partial charge in [0.25, 0.3) is 11.8 Å². The quantitative estimate of drug-likeness (QED) is 0.0894. The summed E-state index contributed by atoms with van der Waals surface area (Å²) in [5.41, 5.74) is 6.53. The number of carbonyl (C=O) groups is 5. The lowest BCUT2D eigenvalue weighted by atomic mass is 9.95. The third-order valence-electron chi connectivity index (χ3n) is 11.9. The number of esters is 2. The minimum absolute atomic E-state index is 0.00559. The van der Waals surface area contributed by atoms with Gasteiger partial charge in [0.15, 0.2) is 0 Å². The Bertz CT molecular complexity index is 2140. The molecule has 0 unspecified atom stereocenters. The van der Waals surface area contributed by atoms with E-state index in [1.165, 1.54) is 18.4 Å². The Morgan fingerprint density at radius 1 is 0.803 bits per heavy atom. The van der Waals surface area contributed by atoms with Crippen LogP contribution >= 0.6 is 11.3 Å². The number of nitrogens with one attached hydrogen (secondary N) is 2. The van der Waals surface area contributed by atoms with E-state index < -0.39 is 0 Å². The van der Waals surface area contributed by atoms with E-state index in [9.17, 15) is 24.0 Å². The number of carbonyl (C=O) groups excluding carboxylic acids is 5. The smallest absolute Gasteiger partial charge is 0.337 e. The monoisotopic (exact) mass is 848 g/mol. The largest absolute Gasteiger partial charge is 0.466 e. The van der Waals surface area contributed by atoms with Gasteiger partial charge in [-0.25, -0.2) is 4.79 Å². The molecule has 3 amide bonds. The standard InChI is InChI=1S/C49H60N4O7S/c1-5-39(6-2)52(32-40-14-11-29-53(40)43(54)27-28-44(55)60-7-3)31-35-12-10-13-37(30-35)46(56)51-48-45(41-15-8-9-16-42(41)61-48)47(57)50-38-25-21-34(22-26-38)18-17-33-19-23-36(24-20-33)49(58)59-4/h10,12-13,19-26,30,39-40H,5-9,11,14-18,27-29,31-32H2,1-4H3,(H,50,57)(H,51,56)/t40-/m0/s1. The van der Waals surface area contributed by atoms with Crippen LogP contribution in [0.15, 0.2) is 72.8 Å². The van der Waals surface area contributed by atoms with Crippen molar-refractivity contribution in [3.05, 3.63) is 117 Å². The molecular weight excluding hydrogens is 789 g/mol. The molecule has 2 N–H and O–H groups in total. The van der Waals surface area contributed by atoms with Crippen LogP contribution in [0.3, 0.4) is 0 Å². The van der Waals surface area contributed by atoms with Gasteiger partial charge in [-0.05, 0) is 130 Å². The van der Waals surface area contributed by atoms with Crippen LogP contribution < -0.4 is 10.6 Å². The van der Waals surface area contributed by atoms with E-state index in [1.807, 2.05) is 65.6 Å². The molecule has 1 fully saturated rings. The second kappa shape index (κ2) is 22.0. The number of anilines is 2. The van der Waals surface area contributed by atoms with Crippen LogP contribution in [0.1, 0.15) is 130 Å². The SMILES string of the molecule is CCOC(=O)CCC(=O)N1CCC[C@H]1CN(Cc1cccc(C(=O)Nc2sc3c(c2C(=O)Nc2ccc(CCc4ccc(C(=O)OC)cc4)cc2)CCCC3)c1)C(CC)CC. The Hall–Kier alpha value is -5.33. The summed E-state index contributed by atoms with van der Waals surface area (Å²) in [5, 5.41) is 6.81. The number of ether oxygens (including phenoxy) is 2. The third-order valence-corrected chi connectivity index (χ3v) is 13.1. The number of aryl methyl sites for hydroxylation is 3. The first kappa shape index (κ1) is 45.2. The Kier molecular flexibility index (Phi) is 16.3. The minimum atomic E-state index is -0.353. The highest BCUT2D eigenvalue weighted by Crippen LogP contribution is 2.39. The highest BCUT2D eigenvalue weighted by molar-refractivity contribution is 7.17. The number of amides is 3. The first-order chi connectivity index (χ1) is 29.6. The molecule has 2 aliphatic rings. The Labute approximate surface area is 364 Å². The average Bonchev–Trinajstić information content (AvgIpc) is 3.90. The van der Waals surface area contributed by atoms with Gasteiger partial charge >= 0.3 is 11.9 Å². The van der Waals surface area contributed by atoms with Gasteiger partial charge in [-0.2, -0.15) is 0 Å². The summed E-state index contributed by atoms with van der Waals surface area (Å²) in [5.74, 6) is -1.20. The zero-order valence-electron chi connectivity index (χ0n) is 36.1. The summed E-state index contributed by atoms with van der Waals surface area (Å²) in [6.45, 7) is 8.47. The molecule has 6 rings (SSSR count). The van der Waals surface area contributed by atoms with Gasteiger partial charge in [0.1, 0.15) is 5.00 Å². The minimum Gasteiger partial charge on any atom is -0.466 e. The molecule has 12 heteroatoms. The molecule has 0 radical (unpaired) electrons. The molecule has 324 valence electrons. The molecule has 1 saturated heterocycles. The van der Waals surface area contributed by atoms with Crippen molar-refractivity contribution in [1.82, 2.24) is 9.80 Å². The van der Waals surface area contributed by atoms with Crippen LogP contribution in [0.25, 0.3) is 0 Å². The van der Waals surface area contributed by atoms with Gasteiger partial charge in [0, 0.05) is 54.3 Å². The predicted molar refractivity (Wildman–Crippen MR) is 240 cm³/mol. The van der Waals surface area contributed by atoms with Crippen molar-refractivity contribution in [2.45, 2.75) is 116 Å². The molecule has 0 spiro atoms. The van der Waals surface area contributed by atoms with Gasteiger partial charge in [-0.15, -0.1) is 11.3 Å². The molecule has 0 saturated carbocycles. The zero-order chi connectivity index (χ0) is 43.3. The van der Waals surface area contributed by atoms with Crippen molar-refractivity contribution in [2.24, 2.45) is 0 Å². The number of fused-ring (bicyclic) bond motifs is 1. The second-order valence-corrected chi connectivity index (χ2v) is 17.1. The fourth-order valence-electron chi connectivity index (χ4n) is 8.64. The maximum atomic E-state index is 14.0. The van der Waals surface area contributed by atoms with Crippen LogP contribution in [0.4, 0.5) is 10.7 Å². The molecule has 2 heterocycles. The number of nitrogens with zero attached hydrogens (tertiary/aromatic N) is 2. The summed E-state index contributed by atoms with van der Waals surface area (Å²) >= 11 is 1.50. The van der Waals surface area contributed by atoms with Crippen molar-refractivity contribution in [2.75, 3.05) is 37.4 Å². The van der Waals surface area contributed by atoms with E-state index in [2.05, 4.69) is 29.4 Å². The number of likely N-dealkylation sites (tertiary alicyclic amines) is 1. The fraction of sp³-hybridized carbons (Fsp3) is 0.449. The van der Waals surface area contributed by atoms with Crippen LogP contribution in [-0.4, -0.2) is 78.3 Å². The molecule has 4 aromatic rings. The average molecular weight is 849 g/mol. The first-order valence-electron chi connectivity index (χ1n) is 21.9.